The molecule has 0 aliphatic heterocycles. The maximum Gasteiger partial charge on any atom is 0.273 e. The summed E-state index contributed by atoms with van der Waals surface area (Å²) in [6.07, 6.45) is -0.807. The molecular weight excluding hydrogens is 376 g/mol. The fourth-order valence-corrected chi connectivity index (χ4v) is 2.79. The zero-order valence-electron chi connectivity index (χ0n) is 16.2. The van der Waals surface area contributed by atoms with Crippen LogP contribution in [-0.4, -0.2) is 31.2 Å². The van der Waals surface area contributed by atoms with Crippen LogP contribution in [-0.2, 0) is 4.79 Å². The number of nitrogens with zero attached hydrogens (tertiary/aromatic N) is 1. The first-order valence-corrected chi connectivity index (χ1v) is 8.79. The predicted octanol–water partition coefficient (Wildman–Crippen LogP) is 4.17. The molecule has 8 nitrogen and oxygen atoms in total. The molecule has 0 saturated carbocycles. The third-order valence-electron chi connectivity index (χ3n) is 4.35. The average molecular weight is 396 g/mol. The molecule has 3 aromatic carbocycles. The van der Waals surface area contributed by atoms with Crippen molar-refractivity contribution >= 4 is 28.1 Å². The first-order valence-electron chi connectivity index (χ1n) is 8.79. The number of non-ortho nitro benzene ring substituents is 1. The minimum atomic E-state index is -0.807. The minimum Gasteiger partial charge on any atom is -0.497 e. The molecule has 0 fully saturated rings. The standard InChI is InChI=1S/C21H20N2O6/c1-13(21(24)22-19-9-6-16(23(25)26)12-20(19)28-3)29-18-8-5-14-4-7-17(27-2)10-15(14)11-18/h4-13H,1-3H3,(H,22,24)/t13-/m1/s1. The Bertz CT molecular complexity index is 1070. The van der Waals surface area contributed by atoms with Gasteiger partial charge in [-0.2, -0.15) is 0 Å². The molecule has 0 aliphatic carbocycles. The van der Waals surface area contributed by atoms with Crippen LogP contribution in [0.4, 0.5) is 11.4 Å². The number of carbonyl (C=O) groups is 1. The SMILES string of the molecule is COc1ccc2ccc(O[C@H](C)C(=O)Nc3ccc([N+](=O)[O-])cc3OC)cc2c1. The Balaban J connectivity index is 1.74. The number of ether oxygens (including phenoxy) is 3. The summed E-state index contributed by atoms with van der Waals surface area (Å²) in [6, 6.07) is 15.2. The highest BCUT2D eigenvalue weighted by Crippen LogP contribution is 2.30. The Labute approximate surface area is 167 Å². The molecule has 1 N–H and O–H groups in total. The molecule has 8 heteroatoms. The van der Waals surface area contributed by atoms with Gasteiger partial charge in [-0.05, 0) is 48.0 Å². The Morgan fingerprint density at radius 3 is 2.31 bits per heavy atom. The normalized spacial score (nSPS) is 11.6. The third kappa shape index (κ3) is 4.55. The monoisotopic (exact) mass is 396 g/mol. The Kier molecular flexibility index (Phi) is 5.82. The van der Waals surface area contributed by atoms with Crippen molar-refractivity contribution in [1.82, 2.24) is 0 Å². The van der Waals surface area contributed by atoms with E-state index in [0.717, 1.165) is 16.5 Å². The lowest BCUT2D eigenvalue weighted by atomic mass is 10.1. The third-order valence-corrected chi connectivity index (χ3v) is 4.35. The van der Waals surface area contributed by atoms with Crippen LogP contribution >= 0.6 is 0 Å². The first kappa shape index (κ1) is 19.9. The molecule has 0 spiro atoms. The lowest BCUT2D eigenvalue weighted by molar-refractivity contribution is -0.384. The van der Waals surface area contributed by atoms with Crippen LogP contribution in [0.25, 0.3) is 10.8 Å². The molecule has 0 unspecified atom stereocenters. The van der Waals surface area contributed by atoms with E-state index in [1.54, 1.807) is 20.1 Å². The van der Waals surface area contributed by atoms with E-state index < -0.39 is 16.9 Å². The van der Waals surface area contributed by atoms with Gasteiger partial charge in [-0.3, -0.25) is 14.9 Å². The van der Waals surface area contributed by atoms with Crippen LogP contribution in [0.3, 0.4) is 0 Å². The smallest absolute Gasteiger partial charge is 0.273 e. The summed E-state index contributed by atoms with van der Waals surface area (Å²) in [6.45, 7) is 1.61. The van der Waals surface area contributed by atoms with Gasteiger partial charge in [-0.1, -0.05) is 12.1 Å². The van der Waals surface area contributed by atoms with E-state index in [9.17, 15) is 14.9 Å². The number of nitro groups is 1. The molecule has 3 aromatic rings. The number of nitrogens with one attached hydrogen (secondary N) is 1. The van der Waals surface area contributed by atoms with Crippen LogP contribution < -0.4 is 19.5 Å². The van der Waals surface area contributed by atoms with Crippen LogP contribution in [0.2, 0.25) is 0 Å². The summed E-state index contributed by atoms with van der Waals surface area (Å²) in [5.41, 5.74) is 0.192. The second-order valence-corrected chi connectivity index (χ2v) is 6.27. The van der Waals surface area contributed by atoms with Crippen molar-refractivity contribution in [2.24, 2.45) is 0 Å². The van der Waals surface area contributed by atoms with Crippen LogP contribution in [0.1, 0.15) is 6.92 Å². The number of amides is 1. The summed E-state index contributed by atoms with van der Waals surface area (Å²) in [7, 11) is 2.97. The number of hydrogen-bond donors (Lipinski definition) is 1. The molecule has 29 heavy (non-hydrogen) atoms. The van der Waals surface area contributed by atoms with Crippen molar-refractivity contribution in [3.63, 3.8) is 0 Å². The van der Waals surface area contributed by atoms with Crippen molar-refractivity contribution < 1.29 is 23.9 Å². The second kappa shape index (κ2) is 8.47. The Morgan fingerprint density at radius 2 is 1.66 bits per heavy atom. The van der Waals surface area contributed by atoms with Crippen molar-refractivity contribution in [3.05, 3.63) is 64.7 Å². The summed E-state index contributed by atoms with van der Waals surface area (Å²) in [5, 5.41) is 15.5. The number of carbonyl (C=O) groups excluding carboxylic acids is 1. The quantitative estimate of drug-likeness (QED) is 0.475. The molecule has 150 valence electrons. The summed E-state index contributed by atoms with van der Waals surface area (Å²) < 4.78 is 16.1. The molecule has 0 bridgehead atoms. The zero-order chi connectivity index (χ0) is 21.0. The molecular formula is C21H20N2O6. The Morgan fingerprint density at radius 1 is 0.966 bits per heavy atom. The lowest BCUT2D eigenvalue weighted by Crippen LogP contribution is -2.30. The van der Waals surface area contributed by atoms with Gasteiger partial charge in [0.1, 0.15) is 17.2 Å². The van der Waals surface area contributed by atoms with Gasteiger partial charge in [0, 0.05) is 6.07 Å². The molecule has 0 heterocycles. The number of fused-ring (bicyclic) bond motifs is 1. The number of anilines is 1. The van der Waals surface area contributed by atoms with Crippen LogP contribution in [0.15, 0.2) is 54.6 Å². The van der Waals surface area contributed by atoms with E-state index in [2.05, 4.69) is 5.32 Å². The summed E-state index contributed by atoms with van der Waals surface area (Å²) >= 11 is 0. The van der Waals surface area contributed by atoms with E-state index in [0.29, 0.717) is 11.4 Å². The summed E-state index contributed by atoms with van der Waals surface area (Å²) in [4.78, 5) is 22.9. The van der Waals surface area contributed by atoms with E-state index in [1.807, 2.05) is 30.3 Å². The lowest BCUT2D eigenvalue weighted by Gasteiger charge is -2.16. The number of rotatable bonds is 7. The average Bonchev–Trinajstić information content (AvgIpc) is 2.73. The number of nitro benzene ring substituents is 1. The molecule has 1 amide bonds. The fourth-order valence-electron chi connectivity index (χ4n) is 2.79. The van der Waals surface area contributed by atoms with Gasteiger partial charge in [0.25, 0.3) is 11.6 Å². The number of methoxy groups -OCH3 is 2. The fraction of sp³-hybridized carbons (Fsp3) is 0.190. The minimum absolute atomic E-state index is 0.129. The van der Waals surface area contributed by atoms with Gasteiger partial charge in [0.05, 0.1) is 30.9 Å². The van der Waals surface area contributed by atoms with Gasteiger partial charge >= 0.3 is 0 Å². The van der Waals surface area contributed by atoms with Gasteiger partial charge in [-0.25, -0.2) is 0 Å². The van der Waals surface area contributed by atoms with Gasteiger partial charge in [-0.15, -0.1) is 0 Å². The molecule has 0 aromatic heterocycles. The van der Waals surface area contributed by atoms with E-state index in [1.165, 1.54) is 25.3 Å². The maximum absolute atomic E-state index is 12.5. The molecule has 3 rings (SSSR count). The van der Waals surface area contributed by atoms with Crippen molar-refractivity contribution in [1.29, 1.82) is 0 Å². The predicted molar refractivity (Wildman–Crippen MR) is 109 cm³/mol. The van der Waals surface area contributed by atoms with Gasteiger partial charge in [0.15, 0.2) is 6.10 Å². The topological polar surface area (TPSA) is 99.9 Å². The first-order chi connectivity index (χ1) is 13.9. The molecule has 0 aliphatic rings. The van der Waals surface area contributed by atoms with E-state index in [4.69, 9.17) is 14.2 Å². The van der Waals surface area contributed by atoms with E-state index >= 15 is 0 Å². The van der Waals surface area contributed by atoms with Crippen molar-refractivity contribution in [3.8, 4) is 17.2 Å². The highest BCUT2D eigenvalue weighted by atomic mass is 16.6. The van der Waals surface area contributed by atoms with Gasteiger partial charge in [0.2, 0.25) is 0 Å². The van der Waals surface area contributed by atoms with Crippen LogP contribution in [0.5, 0.6) is 17.2 Å². The van der Waals surface area contributed by atoms with Gasteiger partial charge < -0.3 is 19.5 Å². The number of benzene rings is 3. The second-order valence-electron chi connectivity index (χ2n) is 6.27. The highest BCUT2D eigenvalue weighted by Gasteiger charge is 2.18. The molecule has 1 atom stereocenters. The number of hydrogen-bond acceptors (Lipinski definition) is 6. The van der Waals surface area contributed by atoms with Crippen molar-refractivity contribution in [2.45, 2.75) is 13.0 Å². The Hall–Kier alpha value is -3.81. The molecule has 0 radical (unpaired) electrons. The maximum atomic E-state index is 12.5. The largest absolute Gasteiger partial charge is 0.497 e. The van der Waals surface area contributed by atoms with Crippen molar-refractivity contribution in [2.75, 3.05) is 19.5 Å². The zero-order valence-corrected chi connectivity index (χ0v) is 16.2. The molecule has 0 saturated heterocycles. The van der Waals surface area contributed by atoms with E-state index in [-0.39, 0.29) is 11.4 Å². The summed E-state index contributed by atoms with van der Waals surface area (Å²) in [5.74, 6) is 1.04. The van der Waals surface area contributed by atoms with Crippen LogP contribution in [0, 0.1) is 10.1 Å². The highest BCUT2D eigenvalue weighted by molar-refractivity contribution is 5.95.